The second-order valence-corrected chi connectivity index (χ2v) is 4.20. The van der Waals surface area contributed by atoms with Gasteiger partial charge in [0.2, 0.25) is 0 Å². The van der Waals surface area contributed by atoms with Gasteiger partial charge in [-0.05, 0) is 40.5 Å². The summed E-state index contributed by atoms with van der Waals surface area (Å²) in [5.74, 6) is 0. The summed E-state index contributed by atoms with van der Waals surface area (Å²) in [6.45, 7) is 8.57. The van der Waals surface area contributed by atoms with Crippen LogP contribution in [0.4, 0.5) is 0 Å². The van der Waals surface area contributed by atoms with E-state index in [1.54, 1.807) is 0 Å². The predicted molar refractivity (Wildman–Crippen MR) is 56.8 cm³/mol. The van der Waals surface area contributed by atoms with E-state index < -0.39 is 0 Å². The van der Waals surface area contributed by atoms with E-state index in [-0.39, 0.29) is 0 Å². The van der Waals surface area contributed by atoms with Gasteiger partial charge in [0.05, 0.1) is 12.2 Å². The summed E-state index contributed by atoms with van der Waals surface area (Å²) in [5.41, 5.74) is 2.84. The molecule has 0 saturated heterocycles. The molecule has 1 aliphatic heterocycles. The third kappa shape index (κ3) is 3.77. The molecule has 0 saturated carbocycles. The molecule has 0 amide bonds. The molecule has 0 aromatic heterocycles. The minimum atomic E-state index is 0.296. The molecule has 13 heavy (non-hydrogen) atoms. The van der Waals surface area contributed by atoms with Crippen molar-refractivity contribution in [1.29, 1.82) is 0 Å². The lowest BCUT2D eigenvalue weighted by Crippen LogP contribution is -2.23. The lowest BCUT2D eigenvalue weighted by molar-refractivity contribution is 0.0147. The molecule has 1 aliphatic rings. The molecule has 0 aromatic rings. The van der Waals surface area contributed by atoms with Gasteiger partial charge in [0.25, 0.3) is 0 Å². The van der Waals surface area contributed by atoms with Crippen molar-refractivity contribution in [2.24, 2.45) is 0 Å². The molecule has 1 rings (SSSR count). The number of allylic oxidation sites excluding steroid dienone is 1. The Balaban J connectivity index is 2.46. The number of hydrogen-bond acceptors (Lipinski definition) is 1. The van der Waals surface area contributed by atoms with E-state index in [9.17, 15) is 0 Å². The Kier molecular flexibility index (Phi) is 3.73. The average molecular weight is 180 g/mol. The minimum Gasteiger partial charge on any atom is -0.371 e. The zero-order valence-corrected chi connectivity index (χ0v) is 9.13. The highest BCUT2D eigenvalue weighted by Crippen LogP contribution is 2.21. The third-order valence-electron chi connectivity index (χ3n) is 2.26. The number of rotatable bonds is 2. The first-order chi connectivity index (χ1) is 6.08. The number of ether oxygens (including phenoxy) is 1. The fourth-order valence-electron chi connectivity index (χ4n) is 1.72. The molecule has 1 heterocycles. The summed E-state index contributed by atoms with van der Waals surface area (Å²) in [5, 5.41) is 0. The molecule has 1 nitrogen and oxygen atoms in total. The van der Waals surface area contributed by atoms with E-state index in [1.807, 2.05) is 0 Å². The van der Waals surface area contributed by atoms with Crippen molar-refractivity contribution in [3.05, 3.63) is 23.3 Å². The van der Waals surface area contributed by atoms with Gasteiger partial charge in [0, 0.05) is 0 Å². The highest BCUT2D eigenvalue weighted by molar-refractivity contribution is 5.08. The molecule has 2 atom stereocenters. The van der Waals surface area contributed by atoms with E-state index in [4.69, 9.17) is 4.74 Å². The highest BCUT2D eigenvalue weighted by atomic mass is 16.5. The molecule has 0 bridgehead atoms. The number of hydrogen-bond donors (Lipinski definition) is 0. The van der Waals surface area contributed by atoms with Gasteiger partial charge in [-0.15, -0.1) is 0 Å². The average Bonchev–Trinajstić information content (AvgIpc) is 1.99. The Hall–Kier alpha value is -0.560. The second-order valence-electron chi connectivity index (χ2n) is 4.20. The van der Waals surface area contributed by atoms with Gasteiger partial charge >= 0.3 is 0 Å². The van der Waals surface area contributed by atoms with Crippen molar-refractivity contribution < 1.29 is 4.74 Å². The van der Waals surface area contributed by atoms with Gasteiger partial charge in [0.15, 0.2) is 0 Å². The first-order valence-corrected chi connectivity index (χ1v) is 5.04. The first-order valence-electron chi connectivity index (χ1n) is 5.04. The molecule has 2 unspecified atom stereocenters. The fraction of sp³-hybridized carbons (Fsp3) is 0.667. The van der Waals surface area contributed by atoms with Crippen molar-refractivity contribution in [3.8, 4) is 0 Å². The van der Waals surface area contributed by atoms with Crippen LogP contribution < -0.4 is 0 Å². The van der Waals surface area contributed by atoms with Crippen molar-refractivity contribution in [1.82, 2.24) is 0 Å². The van der Waals surface area contributed by atoms with Crippen LogP contribution in [0.5, 0.6) is 0 Å². The molecule has 1 heteroatoms. The normalized spacial score (nSPS) is 28.2. The van der Waals surface area contributed by atoms with Crippen LogP contribution in [0, 0.1) is 0 Å². The minimum absolute atomic E-state index is 0.296. The van der Waals surface area contributed by atoms with E-state index in [1.165, 1.54) is 11.1 Å². The van der Waals surface area contributed by atoms with E-state index in [0.29, 0.717) is 12.2 Å². The molecule has 0 radical (unpaired) electrons. The molecule has 0 aromatic carbocycles. The monoisotopic (exact) mass is 180 g/mol. The van der Waals surface area contributed by atoms with Gasteiger partial charge in [-0.25, -0.2) is 0 Å². The van der Waals surface area contributed by atoms with Gasteiger partial charge in [-0.3, -0.25) is 0 Å². The van der Waals surface area contributed by atoms with Gasteiger partial charge in [-0.1, -0.05) is 23.3 Å². The Morgan fingerprint density at radius 2 is 2.31 bits per heavy atom. The molecule has 0 aliphatic carbocycles. The Morgan fingerprint density at radius 1 is 1.62 bits per heavy atom. The SMILES string of the molecule is CC(C)=CCC1CC(C)=CC(C)O1. The summed E-state index contributed by atoms with van der Waals surface area (Å²) in [6.07, 6.45) is 7.31. The molecular formula is C12H20O. The molecule has 0 N–H and O–H groups in total. The third-order valence-corrected chi connectivity index (χ3v) is 2.26. The van der Waals surface area contributed by atoms with Crippen LogP contribution in [0.1, 0.15) is 40.5 Å². The van der Waals surface area contributed by atoms with Crippen LogP contribution in [-0.2, 0) is 4.74 Å². The standard InChI is InChI=1S/C12H20O/c1-9(2)5-6-12-8-10(3)7-11(4)13-12/h5,7,11-12H,6,8H2,1-4H3. The second kappa shape index (κ2) is 4.61. The van der Waals surface area contributed by atoms with Crippen molar-refractivity contribution in [3.63, 3.8) is 0 Å². The largest absolute Gasteiger partial charge is 0.371 e. The van der Waals surface area contributed by atoms with Crippen LogP contribution >= 0.6 is 0 Å². The predicted octanol–water partition coefficient (Wildman–Crippen LogP) is 3.47. The van der Waals surface area contributed by atoms with Gasteiger partial charge in [-0.2, -0.15) is 0 Å². The van der Waals surface area contributed by atoms with Crippen molar-refractivity contribution in [2.75, 3.05) is 0 Å². The van der Waals surface area contributed by atoms with Gasteiger partial charge in [0.1, 0.15) is 0 Å². The van der Waals surface area contributed by atoms with Crippen LogP contribution in [0.15, 0.2) is 23.3 Å². The quantitative estimate of drug-likeness (QED) is 0.591. The van der Waals surface area contributed by atoms with Crippen molar-refractivity contribution >= 4 is 0 Å². The molecule has 0 spiro atoms. The van der Waals surface area contributed by atoms with E-state index in [2.05, 4.69) is 39.8 Å². The summed E-state index contributed by atoms with van der Waals surface area (Å²) in [4.78, 5) is 0. The lowest BCUT2D eigenvalue weighted by Gasteiger charge is -2.25. The summed E-state index contributed by atoms with van der Waals surface area (Å²) in [7, 11) is 0. The van der Waals surface area contributed by atoms with Crippen LogP contribution in [0.3, 0.4) is 0 Å². The van der Waals surface area contributed by atoms with Crippen molar-refractivity contribution in [2.45, 2.75) is 52.7 Å². The Morgan fingerprint density at radius 3 is 2.85 bits per heavy atom. The van der Waals surface area contributed by atoms with Crippen LogP contribution in [0.2, 0.25) is 0 Å². The lowest BCUT2D eigenvalue weighted by atomic mass is 10.0. The zero-order chi connectivity index (χ0) is 9.84. The van der Waals surface area contributed by atoms with E-state index >= 15 is 0 Å². The van der Waals surface area contributed by atoms with Crippen LogP contribution in [0.25, 0.3) is 0 Å². The summed E-state index contributed by atoms with van der Waals surface area (Å²) < 4.78 is 5.79. The maximum atomic E-state index is 5.79. The van der Waals surface area contributed by atoms with Crippen LogP contribution in [-0.4, -0.2) is 12.2 Å². The summed E-state index contributed by atoms with van der Waals surface area (Å²) >= 11 is 0. The maximum absolute atomic E-state index is 5.79. The Labute approximate surface area is 81.5 Å². The fourth-order valence-corrected chi connectivity index (χ4v) is 1.72. The molecule has 0 fully saturated rings. The Bertz CT molecular complexity index is 221. The first kappa shape index (κ1) is 10.5. The molecule has 74 valence electrons. The van der Waals surface area contributed by atoms with Gasteiger partial charge < -0.3 is 4.74 Å². The molecular weight excluding hydrogens is 160 g/mol. The van der Waals surface area contributed by atoms with E-state index in [0.717, 1.165) is 12.8 Å². The topological polar surface area (TPSA) is 9.23 Å². The summed E-state index contributed by atoms with van der Waals surface area (Å²) in [6, 6.07) is 0. The zero-order valence-electron chi connectivity index (χ0n) is 9.13. The highest BCUT2D eigenvalue weighted by Gasteiger charge is 2.16. The smallest absolute Gasteiger partial charge is 0.0734 e. The maximum Gasteiger partial charge on any atom is 0.0734 e.